The van der Waals surface area contributed by atoms with E-state index in [0.29, 0.717) is 23.5 Å². The van der Waals surface area contributed by atoms with Gasteiger partial charge in [0.15, 0.2) is 0 Å². The lowest BCUT2D eigenvalue weighted by molar-refractivity contribution is 0.0472. The minimum atomic E-state index is -0.447. The predicted octanol–water partition coefficient (Wildman–Crippen LogP) is 2.18. The summed E-state index contributed by atoms with van der Waals surface area (Å²) in [4.78, 5) is 12.1. The van der Waals surface area contributed by atoms with Crippen LogP contribution in [0.3, 0.4) is 0 Å². The molecule has 0 aromatic heterocycles. The summed E-state index contributed by atoms with van der Waals surface area (Å²) in [6.07, 6.45) is 0. The summed E-state index contributed by atoms with van der Waals surface area (Å²) in [5.41, 5.74) is 13.6. The van der Waals surface area contributed by atoms with Gasteiger partial charge in [-0.2, -0.15) is 0 Å². The Kier molecular flexibility index (Phi) is 3.39. The van der Waals surface area contributed by atoms with Gasteiger partial charge in [0, 0.05) is 16.9 Å². The molecular weight excluding hydrogens is 268 g/mol. The molecule has 0 bridgehead atoms. The lowest BCUT2D eigenvalue weighted by Crippen LogP contribution is -2.15. The Labute approximate surface area is 122 Å². The van der Waals surface area contributed by atoms with Gasteiger partial charge in [-0.05, 0) is 24.3 Å². The largest absolute Gasteiger partial charge is 0.493 e. The number of benzene rings is 2. The van der Waals surface area contributed by atoms with Crippen LogP contribution in [-0.2, 0) is 4.74 Å². The Morgan fingerprint density at radius 2 is 2.05 bits per heavy atom. The summed E-state index contributed by atoms with van der Waals surface area (Å²) >= 11 is 0. The van der Waals surface area contributed by atoms with Gasteiger partial charge in [0.2, 0.25) is 0 Å². The SMILES string of the molecule is Nc1ccc(C(=O)OCC2COc3ccccc32)c(N)c1. The fourth-order valence-electron chi connectivity index (χ4n) is 2.39. The number of nitrogen functional groups attached to an aromatic ring is 2. The normalized spacial score (nSPS) is 16.1. The van der Waals surface area contributed by atoms with Crippen LogP contribution >= 0.6 is 0 Å². The van der Waals surface area contributed by atoms with Crippen molar-refractivity contribution in [3.8, 4) is 5.75 Å². The average Bonchev–Trinajstić information content (AvgIpc) is 2.88. The Bertz CT molecular complexity index is 685. The molecule has 1 atom stereocenters. The van der Waals surface area contributed by atoms with Crippen molar-refractivity contribution in [3.63, 3.8) is 0 Å². The second-order valence-corrected chi connectivity index (χ2v) is 4.99. The Balaban J connectivity index is 1.67. The molecule has 0 fully saturated rings. The van der Waals surface area contributed by atoms with E-state index in [9.17, 15) is 4.79 Å². The number of rotatable bonds is 3. The van der Waals surface area contributed by atoms with E-state index in [-0.39, 0.29) is 12.5 Å². The van der Waals surface area contributed by atoms with Gasteiger partial charge in [0.25, 0.3) is 0 Å². The Morgan fingerprint density at radius 1 is 1.24 bits per heavy atom. The van der Waals surface area contributed by atoms with E-state index >= 15 is 0 Å². The summed E-state index contributed by atoms with van der Waals surface area (Å²) in [5.74, 6) is 0.461. The minimum absolute atomic E-state index is 0.0557. The van der Waals surface area contributed by atoms with E-state index in [1.807, 2.05) is 24.3 Å². The molecule has 0 amide bonds. The molecule has 0 spiro atoms. The van der Waals surface area contributed by atoms with Gasteiger partial charge in [-0.3, -0.25) is 0 Å². The smallest absolute Gasteiger partial charge is 0.340 e. The monoisotopic (exact) mass is 284 g/mol. The lowest BCUT2D eigenvalue weighted by Gasteiger charge is -2.11. The fraction of sp³-hybridized carbons (Fsp3) is 0.188. The molecule has 1 aliphatic heterocycles. The van der Waals surface area contributed by atoms with Crippen molar-refractivity contribution < 1.29 is 14.3 Å². The number of carbonyl (C=O) groups excluding carboxylic acids is 1. The van der Waals surface area contributed by atoms with Gasteiger partial charge in [-0.1, -0.05) is 18.2 Å². The lowest BCUT2D eigenvalue weighted by atomic mass is 10.0. The second-order valence-electron chi connectivity index (χ2n) is 4.99. The number of hydrogen-bond acceptors (Lipinski definition) is 5. The number of fused-ring (bicyclic) bond motifs is 1. The number of esters is 1. The zero-order valence-corrected chi connectivity index (χ0v) is 11.4. The molecule has 1 heterocycles. The Hall–Kier alpha value is -2.69. The highest BCUT2D eigenvalue weighted by molar-refractivity contribution is 5.95. The quantitative estimate of drug-likeness (QED) is 0.666. The van der Waals surface area contributed by atoms with Crippen LogP contribution in [-0.4, -0.2) is 19.2 Å². The third-order valence-corrected chi connectivity index (χ3v) is 3.51. The second kappa shape index (κ2) is 5.36. The van der Waals surface area contributed by atoms with Gasteiger partial charge >= 0.3 is 5.97 Å². The molecule has 5 heteroatoms. The highest BCUT2D eigenvalue weighted by atomic mass is 16.5. The molecule has 0 aliphatic carbocycles. The van der Waals surface area contributed by atoms with Crippen LogP contribution in [0.1, 0.15) is 21.8 Å². The number of anilines is 2. The average molecular weight is 284 g/mol. The molecule has 1 unspecified atom stereocenters. The number of para-hydroxylation sites is 1. The first-order valence-electron chi connectivity index (χ1n) is 6.69. The van der Waals surface area contributed by atoms with E-state index in [1.54, 1.807) is 18.2 Å². The molecule has 2 aromatic carbocycles. The summed E-state index contributed by atoms with van der Waals surface area (Å²) in [6.45, 7) is 0.781. The van der Waals surface area contributed by atoms with E-state index < -0.39 is 5.97 Å². The maximum atomic E-state index is 12.1. The van der Waals surface area contributed by atoms with Gasteiger partial charge in [0.1, 0.15) is 12.4 Å². The summed E-state index contributed by atoms with van der Waals surface area (Å²) in [6, 6.07) is 12.5. The van der Waals surface area contributed by atoms with Crippen LogP contribution in [0.15, 0.2) is 42.5 Å². The molecule has 108 valence electrons. The fourth-order valence-corrected chi connectivity index (χ4v) is 2.39. The van der Waals surface area contributed by atoms with Crippen LogP contribution in [0, 0.1) is 0 Å². The maximum absolute atomic E-state index is 12.1. The van der Waals surface area contributed by atoms with Crippen molar-refractivity contribution in [1.29, 1.82) is 0 Å². The third kappa shape index (κ3) is 2.63. The molecule has 0 radical (unpaired) electrons. The zero-order valence-electron chi connectivity index (χ0n) is 11.4. The van der Waals surface area contributed by atoms with Crippen molar-refractivity contribution >= 4 is 17.3 Å². The molecule has 3 rings (SSSR count). The van der Waals surface area contributed by atoms with Gasteiger partial charge in [0.05, 0.1) is 18.1 Å². The van der Waals surface area contributed by atoms with Crippen LogP contribution < -0.4 is 16.2 Å². The molecule has 0 saturated heterocycles. The molecule has 21 heavy (non-hydrogen) atoms. The van der Waals surface area contributed by atoms with Crippen LogP contribution in [0.2, 0.25) is 0 Å². The number of hydrogen-bond donors (Lipinski definition) is 2. The first kappa shape index (κ1) is 13.3. The molecule has 1 aliphatic rings. The molecule has 0 saturated carbocycles. The minimum Gasteiger partial charge on any atom is -0.493 e. The van der Waals surface area contributed by atoms with Crippen LogP contribution in [0.5, 0.6) is 5.75 Å². The standard InChI is InChI=1S/C16H16N2O3/c17-11-5-6-13(14(18)7-11)16(19)21-9-10-8-20-15-4-2-1-3-12(10)15/h1-7,10H,8-9,17-18H2. The number of ether oxygens (including phenoxy) is 2. The van der Waals surface area contributed by atoms with Crippen molar-refractivity contribution in [2.75, 3.05) is 24.7 Å². The Morgan fingerprint density at radius 3 is 2.86 bits per heavy atom. The van der Waals surface area contributed by atoms with E-state index in [4.69, 9.17) is 20.9 Å². The van der Waals surface area contributed by atoms with Crippen molar-refractivity contribution in [2.24, 2.45) is 0 Å². The third-order valence-electron chi connectivity index (χ3n) is 3.51. The topological polar surface area (TPSA) is 87.6 Å². The highest BCUT2D eigenvalue weighted by Gasteiger charge is 2.25. The number of nitrogens with two attached hydrogens (primary N) is 2. The summed E-state index contributed by atoms with van der Waals surface area (Å²) < 4.78 is 10.9. The van der Waals surface area contributed by atoms with E-state index in [2.05, 4.69) is 0 Å². The van der Waals surface area contributed by atoms with Crippen molar-refractivity contribution in [1.82, 2.24) is 0 Å². The molecule has 5 nitrogen and oxygen atoms in total. The summed E-state index contributed by atoms with van der Waals surface area (Å²) in [7, 11) is 0. The van der Waals surface area contributed by atoms with Crippen molar-refractivity contribution in [2.45, 2.75) is 5.92 Å². The van der Waals surface area contributed by atoms with Gasteiger partial charge < -0.3 is 20.9 Å². The van der Waals surface area contributed by atoms with E-state index in [0.717, 1.165) is 11.3 Å². The van der Waals surface area contributed by atoms with Crippen LogP contribution in [0.4, 0.5) is 11.4 Å². The van der Waals surface area contributed by atoms with E-state index in [1.165, 1.54) is 0 Å². The molecule has 4 N–H and O–H groups in total. The van der Waals surface area contributed by atoms with Gasteiger partial charge in [-0.25, -0.2) is 4.79 Å². The zero-order chi connectivity index (χ0) is 14.8. The van der Waals surface area contributed by atoms with Crippen molar-refractivity contribution in [3.05, 3.63) is 53.6 Å². The summed E-state index contributed by atoms with van der Waals surface area (Å²) in [5, 5.41) is 0. The van der Waals surface area contributed by atoms with Crippen LogP contribution in [0.25, 0.3) is 0 Å². The predicted molar refractivity (Wildman–Crippen MR) is 80.2 cm³/mol. The highest BCUT2D eigenvalue weighted by Crippen LogP contribution is 2.33. The molecular formula is C16H16N2O3. The van der Waals surface area contributed by atoms with Gasteiger partial charge in [-0.15, -0.1) is 0 Å². The number of carbonyl (C=O) groups is 1. The first-order chi connectivity index (χ1) is 10.1. The first-order valence-corrected chi connectivity index (χ1v) is 6.69. The maximum Gasteiger partial charge on any atom is 0.340 e. The molecule has 2 aromatic rings.